The maximum atomic E-state index is 9.06. The van der Waals surface area contributed by atoms with Gasteiger partial charge in [0.2, 0.25) is 0 Å². The predicted octanol–water partition coefficient (Wildman–Crippen LogP) is 4.63. The van der Waals surface area contributed by atoms with E-state index >= 15 is 0 Å². The number of anilines is 1. The van der Waals surface area contributed by atoms with Gasteiger partial charge in [-0.3, -0.25) is 0 Å². The van der Waals surface area contributed by atoms with Gasteiger partial charge in [0.25, 0.3) is 0 Å². The van der Waals surface area contributed by atoms with Gasteiger partial charge in [0.15, 0.2) is 0 Å². The van der Waals surface area contributed by atoms with Crippen LogP contribution in [0.5, 0.6) is 0 Å². The molecule has 0 heterocycles. The smallest absolute Gasteiger partial charge is 0.101 e. The number of hydrogen-bond donors (Lipinski definition) is 1. The molecule has 0 aliphatic heterocycles. The van der Waals surface area contributed by atoms with E-state index in [2.05, 4.69) is 27.3 Å². The summed E-state index contributed by atoms with van der Waals surface area (Å²) >= 11 is 9.20. The lowest BCUT2D eigenvalue weighted by Gasteiger charge is -2.08. The van der Waals surface area contributed by atoms with Gasteiger partial charge in [-0.25, -0.2) is 0 Å². The minimum absolute atomic E-state index is 0.644. The van der Waals surface area contributed by atoms with Gasteiger partial charge in [-0.2, -0.15) is 5.26 Å². The second-order valence-corrected chi connectivity index (χ2v) is 5.46. The summed E-state index contributed by atoms with van der Waals surface area (Å²) in [6, 6.07) is 15.6. The van der Waals surface area contributed by atoms with Crippen molar-refractivity contribution >= 4 is 33.2 Å². The molecule has 0 saturated heterocycles. The van der Waals surface area contributed by atoms with Crippen LogP contribution in [-0.2, 0) is 6.42 Å². The van der Waals surface area contributed by atoms with Gasteiger partial charge in [-0.15, -0.1) is 0 Å². The van der Waals surface area contributed by atoms with E-state index in [-0.39, 0.29) is 0 Å². The molecule has 0 atom stereocenters. The van der Waals surface area contributed by atoms with Crippen LogP contribution in [0.15, 0.2) is 46.9 Å². The Kier molecular flexibility index (Phi) is 4.84. The van der Waals surface area contributed by atoms with Gasteiger partial charge < -0.3 is 5.32 Å². The summed E-state index contributed by atoms with van der Waals surface area (Å²) in [7, 11) is 0. The first kappa shape index (κ1) is 13.9. The highest BCUT2D eigenvalue weighted by Gasteiger charge is 2.02. The summed E-state index contributed by atoms with van der Waals surface area (Å²) < 4.78 is 0.910. The molecule has 0 fully saturated rings. The Hall–Kier alpha value is -1.50. The Balaban J connectivity index is 1.96. The third-order valence-corrected chi connectivity index (χ3v) is 3.49. The second-order valence-electron chi connectivity index (χ2n) is 4.10. The molecule has 0 radical (unpaired) electrons. The monoisotopic (exact) mass is 334 g/mol. The van der Waals surface area contributed by atoms with Crippen molar-refractivity contribution in [2.24, 2.45) is 0 Å². The van der Waals surface area contributed by atoms with E-state index in [4.69, 9.17) is 16.9 Å². The number of hydrogen-bond acceptors (Lipinski definition) is 2. The minimum Gasteiger partial charge on any atom is -0.384 e. The zero-order chi connectivity index (χ0) is 13.7. The highest BCUT2D eigenvalue weighted by Crippen LogP contribution is 2.20. The maximum Gasteiger partial charge on any atom is 0.101 e. The lowest BCUT2D eigenvalue weighted by atomic mass is 10.1. The summed E-state index contributed by atoms with van der Waals surface area (Å²) in [5.74, 6) is 0. The molecular weight excluding hydrogens is 324 g/mol. The molecule has 2 aromatic rings. The molecule has 0 bridgehead atoms. The standard InChI is InChI=1S/C15H12BrClN2/c16-13-3-6-15(12(9-13)10-18)19-8-7-11-1-4-14(17)5-2-11/h1-6,9,19H,7-8H2. The molecule has 1 N–H and O–H groups in total. The van der Waals surface area contributed by atoms with Crippen LogP contribution in [0.25, 0.3) is 0 Å². The van der Waals surface area contributed by atoms with E-state index in [1.165, 1.54) is 5.56 Å². The molecule has 0 amide bonds. The first-order valence-electron chi connectivity index (χ1n) is 5.87. The lowest BCUT2D eigenvalue weighted by Crippen LogP contribution is -2.06. The molecule has 2 nitrogen and oxygen atoms in total. The average molecular weight is 336 g/mol. The number of nitriles is 1. The largest absolute Gasteiger partial charge is 0.384 e. The van der Waals surface area contributed by atoms with Crippen molar-refractivity contribution in [1.29, 1.82) is 5.26 Å². The fourth-order valence-electron chi connectivity index (χ4n) is 1.76. The van der Waals surface area contributed by atoms with Crippen molar-refractivity contribution in [3.05, 3.63) is 63.1 Å². The average Bonchev–Trinajstić information content (AvgIpc) is 2.42. The Morgan fingerprint density at radius 3 is 2.58 bits per heavy atom. The van der Waals surface area contributed by atoms with Crippen LogP contribution in [-0.4, -0.2) is 6.54 Å². The number of halogens is 2. The van der Waals surface area contributed by atoms with Crippen molar-refractivity contribution in [2.75, 3.05) is 11.9 Å². The van der Waals surface area contributed by atoms with E-state index in [1.54, 1.807) is 0 Å². The number of rotatable bonds is 4. The van der Waals surface area contributed by atoms with Gasteiger partial charge in [0, 0.05) is 16.0 Å². The molecule has 19 heavy (non-hydrogen) atoms. The van der Waals surface area contributed by atoms with Crippen LogP contribution < -0.4 is 5.32 Å². The van der Waals surface area contributed by atoms with Crippen LogP contribution in [0.1, 0.15) is 11.1 Å². The number of nitrogens with zero attached hydrogens (tertiary/aromatic N) is 1. The molecule has 2 rings (SSSR count). The summed E-state index contributed by atoms with van der Waals surface area (Å²) in [6.07, 6.45) is 0.887. The summed E-state index contributed by atoms with van der Waals surface area (Å²) in [4.78, 5) is 0. The van der Waals surface area contributed by atoms with Crippen molar-refractivity contribution in [3.8, 4) is 6.07 Å². The van der Waals surface area contributed by atoms with Crippen LogP contribution in [0, 0.1) is 11.3 Å². The van der Waals surface area contributed by atoms with Crippen molar-refractivity contribution in [2.45, 2.75) is 6.42 Å². The maximum absolute atomic E-state index is 9.06. The Labute approximate surface area is 126 Å². The normalized spacial score (nSPS) is 9.95. The number of nitrogens with one attached hydrogen (secondary N) is 1. The molecule has 2 aromatic carbocycles. The van der Waals surface area contributed by atoms with Crippen molar-refractivity contribution in [1.82, 2.24) is 0 Å². The van der Waals surface area contributed by atoms with E-state index in [0.717, 1.165) is 28.1 Å². The fraction of sp³-hybridized carbons (Fsp3) is 0.133. The Bertz CT molecular complexity index is 603. The number of benzene rings is 2. The van der Waals surface area contributed by atoms with E-state index in [9.17, 15) is 0 Å². The van der Waals surface area contributed by atoms with Gasteiger partial charge >= 0.3 is 0 Å². The first-order valence-corrected chi connectivity index (χ1v) is 7.04. The highest BCUT2D eigenvalue weighted by molar-refractivity contribution is 9.10. The third-order valence-electron chi connectivity index (χ3n) is 2.74. The first-order chi connectivity index (χ1) is 9.19. The fourth-order valence-corrected chi connectivity index (χ4v) is 2.24. The molecule has 4 heteroatoms. The predicted molar refractivity (Wildman–Crippen MR) is 82.5 cm³/mol. The zero-order valence-corrected chi connectivity index (χ0v) is 12.5. The van der Waals surface area contributed by atoms with Crippen LogP contribution in [0.4, 0.5) is 5.69 Å². The van der Waals surface area contributed by atoms with Gasteiger partial charge in [-0.05, 0) is 42.3 Å². The molecule has 0 aromatic heterocycles. The Morgan fingerprint density at radius 1 is 1.16 bits per heavy atom. The SMILES string of the molecule is N#Cc1cc(Br)ccc1NCCc1ccc(Cl)cc1. The summed E-state index contributed by atoms with van der Waals surface area (Å²) in [5.41, 5.74) is 2.72. The lowest BCUT2D eigenvalue weighted by molar-refractivity contribution is 1.02. The van der Waals surface area contributed by atoms with Crippen LogP contribution >= 0.6 is 27.5 Å². The molecule has 0 aliphatic rings. The molecule has 0 saturated carbocycles. The quantitative estimate of drug-likeness (QED) is 0.884. The van der Waals surface area contributed by atoms with Gasteiger partial charge in [-0.1, -0.05) is 39.7 Å². The van der Waals surface area contributed by atoms with Crippen LogP contribution in [0.2, 0.25) is 5.02 Å². The van der Waals surface area contributed by atoms with E-state index in [0.29, 0.717) is 5.56 Å². The highest BCUT2D eigenvalue weighted by atomic mass is 79.9. The van der Waals surface area contributed by atoms with E-state index in [1.807, 2.05) is 42.5 Å². The second kappa shape index (κ2) is 6.60. The molecular formula is C15H12BrClN2. The van der Waals surface area contributed by atoms with Crippen molar-refractivity contribution < 1.29 is 0 Å². The molecule has 0 spiro atoms. The molecule has 0 aliphatic carbocycles. The minimum atomic E-state index is 0.644. The summed E-state index contributed by atoms with van der Waals surface area (Å²) in [5, 5.41) is 13.1. The topological polar surface area (TPSA) is 35.8 Å². The summed E-state index contributed by atoms with van der Waals surface area (Å²) in [6.45, 7) is 0.776. The van der Waals surface area contributed by atoms with Gasteiger partial charge in [0.05, 0.1) is 11.3 Å². The molecule has 96 valence electrons. The van der Waals surface area contributed by atoms with Gasteiger partial charge in [0.1, 0.15) is 6.07 Å². The third kappa shape index (κ3) is 3.99. The molecule has 0 unspecified atom stereocenters. The van der Waals surface area contributed by atoms with E-state index < -0.39 is 0 Å². The zero-order valence-electron chi connectivity index (χ0n) is 10.2. The van der Waals surface area contributed by atoms with Crippen molar-refractivity contribution in [3.63, 3.8) is 0 Å². The Morgan fingerprint density at radius 2 is 1.89 bits per heavy atom. The van der Waals surface area contributed by atoms with Crippen LogP contribution in [0.3, 0.4) is 0 Å².